The second kappa shape index (κ2) is 13.1. The molecule has 0 atom stereocenters. The highest BCUT2D eigenvalue weighted by Gasteiger charge is 2.22. The Kier molecular flexibility index (Phi) is 7.17. The van der Waals surface area contributed by atoms with Gasteiger partial charge in [-0.25, -0.2) is 0 Å². The van der Waals surface area contributed by atoms with Crippen LogP contribution in [0.15, 0.2) is 223 Å². The van der Waals surface area contributed by atoms with Crippen molar-refractivity contribution in [3.8, 4) is 44.5 Å². The fourth-order valence-electron chi connectivity index (χ4n) is 11.0. The van der Waals surface area contributed by atoms with Crippen molar-refractivity contribution in [1.29, 1.82) is 0 Å². The van der Waals surface area contributed by atoms with Crippen LogP contribution in [0.3, 0.4) is 0 Å². The second-order valence-corrected chi connectivity index (χ2v) is 17.1. The van der Waals surface area contributed by atoms with Crippen molar-refractivity contribution in [3.63, 3.8) is 0 Å². The SMILES string of the molecule is c1ccc(-c2cccc3c2ccc2c3oc3cc(-c4cc5ccc6ccccc6c5c5ccccc45)cc(-c4ccc5ccc6c(-c7ccccc7)ccc7ccc4c5c76)c32)cc1. The summed E-state index contributed by atoms with van der Waals surface area (Å²) in [5, 5.41) is 19.7. The fourth-order valence-corrected chi connectivity index (χ4v) is 11.0. The number of fused-ring (bicyclic) bond motifs is 10. The van der Waals surface area contributed by atoms with Gasteiger partial charge in [-0.1, -0.05) is 194 Å². The summed E-state index contributed by atoms with van der Waals surface area (Å²) in [4.78, 5) is 0. The lowest BCUT2D eigenvalue weighted by Gasteiger charge is -2.18. The highest BCUT2D eigenvalue weighted by molar-refractivity contribution is 6.30. The summed E-state index contributed by atoms with van der Waals surface area (Å²) >= 11 is 0. The maximum atomic E-state index is 7.23. The number of furan rings is 1. The van der Waals surface area contributed by atoms with Crippen LogP contribution in [-0.2, 0) is 0 Å². The lowest BCUT2D eigenvalue weighted by atomic mass is 9.85. The molecule has 0 amide bonds. The smallest absolute Gasteiger partial charge is 0.143 e. The van der Waals surface area contributed by atoms with E-state index in [0.717, 1.165) is 32.9 Å². The molecule has 1 heteroatoms. The normalized spacial score (nSPS) is 12.1. The van der Waals surface area contributed by atoms with Gasteiger partial charge in [0, 0.05) is 16.2 Å². The number of benzene rings is 13. The Balaban J connectivity index is 1.10. The first-order valence-corrected chi connectivity index (χ1v) is 21.8. The molecule has 14 rings (SSSR count). The van der Waals surface area contributed by atoms with Crippen LogP contribution in [0, 0.1) is 0 Å². The molecular weight excluding hydrogens is 761 g/mol. The molecule has 0 aliphatic heterocycles. The minimum Gasteiger partial charge on any atom is -0.455 e. The highest BCUT2D eigenvalue weighted by Crippen LogP contribution is 2.49. The van der Waals surface area contributed by atoms with Crippen LogP contribution in [0.4, 0.5) is 0 Å². The van der Waals surface area contributed by atoms with E-state index in [-0.39, 0.29) is 0 Å². The van der Waals surface area contributed by atoms with Gasteiger partial charge >= 0.3 is 0 Å². The van der Waals surface area contributed by atoms with Gasteiger partial charge in [-0.15, -0.1) is 0 Å². The molecule has 13 aromatic carbocycles. The predicted octanol–water partition coefficient (Wildman–Crippen LogP) is 17.8. The quantitative estimate of drug-likeness (QED) is 0.162. The number of hydrogen-bond acceptors (Lipinski definition) is 1. The molecule has 0 aliphatic rings. The van der Waals surface area contributed by atoms with E-state index >= 15 is 0 Å². The summed E-state index contributed by atoms with van der Waals surface area (Å²) < 4.78 is 7.23. The monoisotopic (exact) mass is 796 g/mol. The third kappa shape index (κ3) is 4.99. The summed E-state index contributed by atoms with van der Waals surface area (Å²) in [6.07, 6.45) is 0. The molecule has 290 valence electrons. The Morgan fingerprint density at radius 1 is 0.222 bits per heavy atom. The van der Waals surface area contributed by atoms with Crippen molar-refractivity contribution in [2.24, 2.45) is 0 Å². The molecule has 0 saturated heterocycles. The lowest BCUT2D eigenvalue weighted by molar-refractivity contribution is 0.673. The molecule has 0 aliphatic carbocycles. The topological polar surface area (TPSA) is 13.1 Å². The molecule has 0 unspecified atom stereocenters. The molecule has 0 saturated carbocycles. The van der Waals surface area contributed by atoms with E-state index in [4.69, 9.17) is 4.42 Å². The minimum absolute atomic E-state index is 0.884. The zero-order chi connectivity index (χ0) is 41.2. The fraction of sp³-hybridized carbons (Fsp3) is 0. The van der Waals surface area contributed by atoms with Crippen LogP contribution >= 0.6 is 0 Å². The lowest BCUT2D eigenvalue weighted by Crippen LogP contribution is -1.91. The largest absolute Gasteiger partial charge is 0.455 e. The molecule has 14 aromatic rings. The predicted molar refractivity (Wildman–Crippen MR) is 269 cm³/mol. The number of rotatable bonds is 4. The molecule has 0 spiro atoms. The van der Waals surface area contributed by atoms with Crippen molar-refractivity contribution < 1.29 is 4.42 Å². The van der Waals surface area contributed by atoms with Crippen molar-refractivity contribution >= 4 is 97.3 Å². The van der Waals surface area contributed by atoms with Crippen LogP contribution in [0.1, 0.15) is 0 Å². The molecular formula is C62H36O. The van der Waals surface area contributed by atoms with Gasteiger partial charge in [0.15, 0.2) is 0 Å². The zero-order valence-electron chi connectivity index (χ0n) is 34.2. The van der Waals surface area contributed by atoms with E-state index in [9.17, 15) is 0 Å². The van der Waals surface area contributed by atoms with E-state index in [1.54, 1.807) is 0 Å². The Labute approximate surface area is 363 Å². The van der Waals surface area contributed by atoms with Gasteiger partial charge < -0.3 is 4.42 Å². The van der Waals surface area contributed by atoms with E-state index in [1.165, 1.54) is 109 Å². The Morgan fingerprint density at radius 2 is 0.762 bits per heavy atom. The van der Waals surface area contributed by atoms with Gasteiger partial charge in [-0.2, -0.15) is 0 Å². The third-order valence-electron chi connectivity index (χ3n) is 13.8. The van der Waals surface area contributed by atoms with E-state index in [2.05, 4.69) is 218 Å². The molecule has 0 radical (unpaired) electrons. The van der Waals surface area contributed by atoms with Crippen LogP contribution in [-0.4, -0.2) is 0 Å². The van der Waals surface area contributed by atoms with Gasteiger partial charge in [0.1, 0.15) is 11.2 Å². The minimum atomic E-state index is 0.884. The van der Waals surface area contributed by atoms with Crippen molar-refractivity contribution in [2.45, 2.75) is 0 Å². The molecule has 0 bridgehead atoms. The molecule has 0 fully saturated rings. The second-order valence-electron chi connectivity index (χ2n) is 17.1. The van der Waals surface area contributed by atoms with Crippen molar-refractivity contribution in [3.05, 3.63) is 218 Å². The Bertz CT molecular complexity index is 4180. The van der Waals surface area contributed by atoms with Crippen LogP contribution < -0.4 is 0 Å². The molecule has 1 heterocycles. The standard InChI is InChI=1S/C62H36O/c1-3-12-37(13-4-1)44-20-11-21-53-48(44)32-33-54-61-56(49-29-25-41-26-30-51-45(38-14-5-2-6-15-38)28-24-40-27-31-52(49)60(41)59(40)51)35-43(36-57(61)63-62(53)54)55-34-42-23-22-39-16-7-8-17-46(39)58(42)50-19-10-9-18-47(50)55/h1-36H. The summed E-state index contributed by atoms with van der Waals surface area (Å²) in [6.45, 7) is 0. The number of hydrogen-bond donors (Lipinski definition) is 0. The van der Waals surface area contributed by atoms with Gasteiger partial charge in [0.25, 0.3) is 0 Å². The first-order chi connectivity index (χ1) is 31.2. The third-order valence-corrected chi connectivity index (χ3v) is 13.8. The van der Waals surface area contributed by atoms with Crippen LogP contribution in [0.25, 0.3) is 142 Å². The van der Waals surface area contributed by atoms with E-state index in [1.807, 2.05) is 0 Å². The maximum Gasteiger partial charge on any atom is 0.143 e. The van der Waals surface area contributed by atoms with Gasteiger partial charge in [0.2, 0.25) is 0 Å². The Morgan fingerprint density at radius 3 is 1.52 bits per heavy atom. The Hall–Kier alpha value is -8.26. The molecule has 63 heavy (non-hydrogen) atoms. The summed E-state index contributed by atoms with van der Waals surface area (Å²) in [5.74, 6) is 0. The van der Waals surface area contributed by atoms with Crippen LogP contribution in [0.2, 0.25) is 0 Å². The molecule has 0 N–H and O–H groups in total. The first kappa shape index (κ1) is 34.5. The van der Waals surface area contributed by atoms with E-state index in [0.29, 0.717) is 0 Å². The van der Waals surface area contributed by atoms with Crippen LogP contribution in [0.5, 0.6) is 0 Å². The summed E-state index contributed by atoms with van der Waals surface area (Å²) in [7, 11) is 0. The first-order valence-electron chi connectivity index (χ1n) is 21.8. The summed E-state index contributed by atoms with van der Waals surface area (Å²) in [5.41, 5.74) is 11.4. The van der Waals surface area contributed by atoms with Gasteiger partial charge in [-0.05, 0) is 139 Å². The average Bonchev–Trinajstić information content (AvgIpc) is 3.74. The summed E-state index contributed by atoms with van der Waals surface area (Å²) in [6, 6.07) is 80.5. The van der Waals surface area contributed by atoms with E-state index < -0.39 is 0 Å². The molecule has 1 aromatic heterocycles. The maximum absolute atomic E-state index is 7.23. The zero-order valence-corrected chi connectivity index (χ0v) is 34.2. The highest BCUT2D eigenvalue weighted by atomic mass is 16.3. The van der Waals surface area contributed by atoms with Gasteiger partial charge in [0.05, 0.1) is 0 Å². The van der Waals surface area contributed by atoms with Gasteiger partial charge in [-0.3, -0.25) is 0 Å². The van der Waals surface area contributed by atoms with Crippen molar-refractivity contribution in [1.82, 2.24) is 0 Å². The average molecular weight is 797 g/mol. The molecule has 1 nitrogen and oxygen atoms in total. The van der Waals surface area contributed by atoms with Crippen molar-refractivity contribution in [2.75, 3.05) is 0 Å².